The Labute approximate surface area is 136 Å². The van der Waals surface area contributed by atoms with Gasteiger partial charge in [-0.15, -0.1) is 0 Å². The fourth-order valence-corrected chi connectivity index (χ4v) is 1.75. The van der Waals surface area contributed by atoms with Crippen LogP contribution >= 0.6 is 12.2 Å². The van der Waals surface area contributed by atoms with E-state index in [1.165, 1.54) is 30.3 Å². The van der Waals surface area contributed by atoms with Crippen molar-refractivity contribution in [2.24, 2.45) is 0 Å². The molecular weight excluding hydrogens is 324 g/mol. The summed E-state index contributed by atoms with van der Waals surface area (Å²) in [7, 11) is 0. The molecular formula is C15H13F2N3O2S. The molecule has 0 aliphatic rings. The van der Waals surface area contributed by atoms with E-state index in [0.717, 1.165) is 6.07 Å². The topological polar surface area (TPSA) is 62.4 Å². The van der Waals surface area contributed by atoms with Crippen molar-refractivity contribution in [1.29, 1.82) is 0 Å². The molecule has 0 radical (unpaired) electrons. The number of rotatable bonds is 4. The number of amides is 1. The zero-order chi connectivity index (χ0) is 16.7. The van der Waals surface area contributed by atoms with Crippen LogP contribution in [0.4, 0.5) is 14.5 Å². The molecule has 1 amide bonds. The first-order valence-corrected chi connectivity index (χ1v) is 6.94. The number of nitrogens with one attached hydrogen (secondary N) is 3. The van der Waals surface area contributed by atoms with Gasteiger partial charge >= 0.3 is 0 Å². The average molecular weight is 337 g/mol. The van der Waals surface area contributed by atoms with E-state index in [2.05, 4.69) is 16.2 Å². The fraction of sp³-hybridized carbons (Fsp3) is 0.0667. The summed E-state index contributed by atoms with van der Waals surface area (Å²) in [5.41, 5.74) is 4.86. The SMILES string of the molecule is O=C(COc1cccc(F)c1)NNC(=S)Nc1ccccc1F. The largest absolute Gasteiger partial charge is 0.484 e. The first kappa shape index (κ1) is 16.6. The second-order valence-corrected chi connectivity index (χ2v) is 4.76. The van der Waals surface area contributed by atoms with Crippen molar-refractivity contribution < 1.29 is 18.3 Å². The van der Waals surface area contributed by atoms with Gasteiger partial charge < -0.3 is 10.1 Å². The molecule has 2 aromatic rings. The van der Waals surface area contributed by atoms with Crippen molar-refractivity contribution in [1.82, 2.24) is 10.9 Å². The number of carbonyl (C=O) groups excluding carboxylic acids is 1. The first-order chi connectivity index (χ1) is 11.0. The lowest BCUT2D eigenvalue weighted by molar-refractivity contribution is -0.123. The average Bonchev–Trinajstić information content (AvgIpc) is 2.53. The number of hydrogen-bond acceptors (Lipinski definition) is 3. The molecule has 23 heavy (non-hydrogen) atoms. The van der Waals surface area contributed by atoms with Crippen molar-refractivity contribution in [3.8, 4) is 5.75 Å². The number of thiocarbonyl (C=S) groups is 1. The van der Waals surface area contributed by atoms with Gasteiger partial charge in [0.15, 0.2) is 11.7 Å². The third-order valence-corrected chi connectivity index (χ3v) is 2.81. The summed E-state index contributed by atoms with van der Waals surface area (Å²) in [6, 6.07) is 11.4. The number of para-hydroxylation sites is 1. The van der Waals surface area contributed by atoms with Gasteiger partial charge in [-0.25, -0.2) is 8.78 Å². The number of hydrogen-bond donors (Lipinski definition) is 3. The van der Waals surface area contributed by atoms with Crippen LogP contribution in [-0.4, -0.2) is 17.6 Å². The van der Waals surface area contributed by atoms with Crippen LogP contribution in [0.3, 0.4) is 0 Å². The Morgan fingerprint density at radius 1 is 1.09 bits per heavy atom. The molecule has 0 saturated carbocycles. The van der Waals surface area contributed by atoms with Crippen LogP contribution in [0.1, 0.15) is 0 Å². The number of halogens is 2. The molecule has 0 aliphatic heterocycles. The molecule has 0 atom stereocenters. The van der Waals surface area contributed by atoms with E-state index < -0.39 is 17.5 Å². The highest BCUT2D eigenvalue weighted by Crippen LogP contribution is 2.12. The quantitative estimate of drug-likeness (QED) is 0.591. The van der Waals surface area contributed by atoms with Crippen molar-refractivity contribution in [2.75, 3.05) is 11.9 Å². The normalized spacial score (nSPS) is 9.83. The number of benzene rings is 2. The summed E-state index contributed by atoms with van der Waals surface area (Å²) in [4.78, 5) is 11.6. The van der Waals surface area contributed by atoms with Crippen LogP contribution in [0.2, 0.25) is 0 Å². The molecule has 8 heteroatoms. The Bertz CT molecular complexity index is 713. The molecule has 0 aliphatic carbocycles. The second kappa shape index (κ2) is 8.04. The Morgan fingerprint density at radius 2 is 1.87 bits per heavy atom. The molecule has 0 unspecified atom stereocenters. The predicted octanol–water partition coefficient (Wildman–Crippen LogP) is 2.36. The molecule has 0 bridgehead atoms. The first-order valence-electron chi connectivity index (χ1n) is 6.53. The summed E-state index contributed by atoms with van der Waals surface area (Å²) in [5, 5.41) is 2.60. The van der Waals surface area contributed by atoms with E-state index >= 15 is 0 Å². The minimum absolute atomic E-state index is 0.00852. The lowest BCUT2D eigenvalue weighted by atomic mass is 10.3. The van der Waals surface area contributed by atoms with E-state index in [4.69, 9.17) is 17.0 Å². The van der Waals surface area contributed by atoms with Gasteiger partial charge in [-0.3, -0.25) is 15.6 Å². The molecule has 0 heterocycles. The molecule has 2 aromatic carbocycles. The Morgan fingerprint density at radius 3 is 2.61 bits per heavy atom. The molecule has 0 saturated heterocycles. The van der Waals surface area contributed by atoms with E-state index in [-0.39, 0.29) is 23.2 Å². The van der Waals surface area contributed by atoms with Crippen LogP contribution in [0.25, 0.3) is 0 Å². The maximum atomic E-state index is 13.4. The molecule has 0 fully saturated rings. The van der Waals surface area contributed by atoms with Crippen LogP contribution in [0.15, 0.2) is 48.5 Å². The smallest absolute Gasteiger partial charge is 0.276 e. The van der Waals surface area contributed by atoms with Gasteiger partial charge in [-0.1, -0.05) is 18.2 Å². The number of carbonyl (C=O) groups is 1. The third kappa shape index (κ3) is 5.51. The molecule has 0 spiro atoms. The molecule has 5 nitrogen and oxygen atoms in total. The highest BCUT2D eigenvalue weighted by molar-refractivity contribution is 7.80. The van der Waals surface area contributed by atoms with Gasteiger partial charge in [0.05, 0.1) is 5.69 Å². The summed E-state index contributed by atoms with van der Waals surface area (Å²) in [6.07, 6.45) is 0. The van der Waals surface area contributed by atoms with Gasteiger partial charge in [0.25, 0.3) is 5.91 Å². The number of anilines is 1. The van der Waals surface area contributed by atoms with Gasteiger partial charge in [-0.05, 0) is 36.5 Å². The zero-order valence-corrected chi connectivity index (χ0v) is 12.6. The zero-order valence-electron chi connectivity index (χ0n) is 11.8. The predicted molar refractivity (Wildman–Crippen MR) is 85.8 cm³/mol. The minimum Gasteiger partial charge on any atom is -0.484 e. The van der Waals surface area contributed by atoms with Gasteiger partial charge in [0, 0.05) is 6.07 Å². The van der Waals surface area contributed by atoms with Crippen molar-refractivity contribution in [2.45, 2.75) is 0 Å². The van der Waals surface area contributed by atoms with E-state index in [1.54, 1.807) is 12.1 Å². The number of ether oxygens (including phenoxy) is 1. The summed E-state index contributed by atoms with van der Waals surface area (Å²) in [6.45, 7) is -0.335. The third-order valence-electron chi connectivity index (χ3n) is 2.60. The monoisotopic (exact) mass is 337 g/mol. The van der Waals surface area contributed by atoms with Crippen LogP contribution in [-0.2, 0) is 4.79 Å². The molecule has 120 valence electrons. The maximum absolute atomic E-state index is 13.4. The van der Waals surface area contributed by atoms with Crippen LogP contribution in [0, 0.1) is 11.6 Å². The van der Waals surface area contributed by atoms with E-state index in [0.29, 0.717) is 0 Å². The lowest BCUT2D eigenvalue weighted by Crippen LogP contribution is -2.45. The van der Waals surface area contributed by atoms with Crippen molar-refractivity contribution in [3.05, 3.63) is 60.2 Å². The van der Waals surface area contributed by atoms with Gasteiger partial charge in [-0.2, -0.15) is 0 Å². The van der Waals surface area contributed by atoms with Gasteiger partial charge in [0.1, 0.15) is 17.4 Å². The minimum atomic E-state index is -0.535. The summed E-state index contributed by atoms with van der Waals surface area (Å²) in [5.74, 6) is -1.24. The maximum Gasteiger partial charge on any atom is 0.276 e. The molecule has 3 N–H and O–H groups in total. The van der Waals surface area contributed by atoms with Crippen LogP contribution in [0.5, 0.6) is 5.75 Å². The second-order valence-electron chi connectivity index (χ2n) is 4.35. The highest BCUT2D eigenvalue weighted by Gasteiger charge is 2.06. The Balaban J connectivity index is 1.74. The van der Waals surface area contributed by atoms with E-state index in [1.807, 2.05) is 0 Å². The summed E-state index contributed by atoms with van der Waals surface area (Å²) < 4.78 is 31.4. The Hall–Kier alpha value is -2.74. The lowest BCUT2D eigenvalue weighted by Gasteiger charge is -2.12. The highest BCUT2D eigenvalue weighted by atomic mass is 32.1. The summed E-state index contributed by atoms with van der Waals surface area (Å²) >= 11 is 4.91. The number of hydrazine groups is 1. The molecule has 0 aromatic heterocycles. The molecule has 2 rings (SSSR count). The fourth-order valence-electron chi connectivity index (χ4n) is 1.58. The van der Waals surface area contributed by atoms with Crippen LogP contribution < -0.4 is 20.9 Å². The van der Waals surface area contributed by atoms with Gasteiger partial charge in [0.2, 0.25) is 0 Å². The van der Waals surface area contributed by atoms with E-state index in [9.17, 15) is 13.6 Å². The van der Waals surface area contributed by atoms with Crippen molar-refractivity contribution >= 4 is 28.9 Å². The van der Waals surface area contributed by atoms with Crippen molar-refractivity contribution in [3.63, 3.8) is 0 Å². The standard InChI is InChI=1S/C15H13F2N3O2S/c16-10-4-3-5-11(8-10)22-9-14(21)19-20-15(23)18-13-7-2-1-6-12(13)17/h1-8H,9H2,(H,19,21)(H2,18,20,23). The Kier molecular flexibility index (Phi) is 5.81.